The van der Waals surface area contributed by atoms with Gasteiger partial charge in [0.25, 0.3) is 0 Å². The molecule has 15 heavy (non-hydrogen) atoms. The molecule has 7 heteroatoms. The van der Waals surface area contributed by atoms with Gasteiger partial charge in [0.15, 0.2) is 0 Å². The van der Waals surface area contributed by atoms with Gasteiger partial charge < -0.3 is 30.6 Å². The predicted octanol–water partition coefficient (Wildman–Crippen LogP) is -3.70. The molecule has 0 rings (SSSR count). The molecule has 92 valence electrons. The van der Waals surface area contributed by atoms with E-state index in [1.165, 1.54) is 19.0 Å². The van der Waals surface area contributed by atoms with Crippen LogP contribution in [0.4, 0.5) is 0 Å². The smallest absolute Gasteiger partial charge is 0.135 e. The lowest BCUT2D eigenvalue weighted by Gasteiger charge is -2.31. The summed E-state index contributed by atoms with van der Waals surface area (Å²) >= 11 is 0. The first-order valence-electron chi connectivity index (χ1n) is 4.50. The minimum Gasteiger partial charge on any atom is -0.394 e. The molecule has 1 unspecified atom stereocenters. The van der Waals surface area contributed by atoms with Crippen LogP contribution in [0.15, 0.2) is 0 Å². The molecule has 0 aliphatic heterocycles. The van der Waals surface area contributed by atoms with Crippen molar-refractivity contribution in [1.29, 1.82) is 0 Å². The Morgan fingerprint density at radius 1 is 0.867 bits per heavy atom. The summed E-state index contributed by atoms with van der Waals surface area (Å²) < 4.78 is 0. The van der Waals surface area contributed by atoms with Crippen LogP contribution in [0.2, 0.25) is 0 Å². The summed E-state index contributed by atoms with van der Waals surface area (Å²) in [5, 5.41) is 54.8. The van der Waals surface area contributed by atoms with Crippen molar-refractivity contribution in [3.05, 3.63) is 0 Å². The Hall–Kier alpha value is -0.280. The predicted molar refractivity (Wildman–Crippen MR) is 50.8 cm³/mol. The largest absolute Gasteiger partial charge is 0.394 e. The number of aliphatic hydroxyl groups excluding tert-OH is 6. The first kappa shape index (κ1) is 14.7. The number of hydrogen-bond acceptors (Lipinski definition) is 7. The minimum atomic E-state index is -1.75. The van der Waals surface area contributed by atoms with Crippen LogP contribution in [-0.2, 0) is 0 Å². The van der Waals surface area contributed by atoms with E-state index in [0.29, 0.717) is 0 Å². The third-order valence-electron chi connectivity index (χ3n) is 2.12. The standard InChI is InChI=1S/C8H19NO6/c1-9(2)8(15)7(14)6(13)5(12)4(11)3-10/h4-8,10-15H,3H2,1-2H3/t4-,5-,6+,7-,8?/m1/s1. The van der Waals surface area contributed by atoms with Crippen LogP contribution in [0.3, 0.4) is 0 Å². The molecule has 0 amide bonds. The van der Waals surface area contributed by atoms with Gasteiger partial charge in [-0.05, 0) is 14.1 Å². The highest BCUT2D eigenvalue weighted by molar-refractivity contribution is 4.83. The Balaban J connectivity index is 4.36. The van der Waals surface area contributed by atoms with Crippen LogP contribution in [0.25, 0.3) is 0 Å². The summed E-state index contributed by atoms with van der Waals surface area (Å²) in [7, 11) is 2.94. The Bertz CT molecular complexity index is 179. The van der Waals surface area contributed by atoms with Crippen molar-refractivity contribution in [2.24, 2.45) is 0 Å². The zero-order valence-electron chi connectivity index (χ0n) is 8.72. The summed E-state index contributed by atoms with van der Waals surface area (Å²) in [6.07, 6.45) is -8.05. The van der Waals surface area contributed by atoms with Crippen LogP contribution < -0.4 is 0 Å². The lowest BCUT2D eigenvalue weighted by Crippen LogP contribution is -2.53. The summed E-state index contributed by atoms with van der Waals surface area (Å²) in [6, 6.07) is 0. The molecule has 5 atom stereocenters. The SMILES string of the molecule is CN(C)C(O)[C@H](O)[C@@H](O)[C@H](O)[C@H](O)CO. The van der Waals surface area contributed by atoms with E-state index < -0.39 is 37.3 Å². The molecular formula is C8H19NO6. The van der Waals surface area contributed by atoms with Gasteiger partial charge >= 0.3 is 0 Å². The van der Waals surface area contributed by atoms with Crippen LogP contribution in [0, 0.1) is 0 Å². The molecule has 0 aromatic carbocycles. The molecule has 0 bridgehead atoms. The van der Waals surface area contributed by atoms with Crippen molar-refractivity contribution >= 4 is 0 Å². The number of rotatable bonds is 6. The molecule has 0 aliphatic rings. The highest BCUT2D eigenvalue weighted by atomic mass is 16.4. The van der Waals surface area contributed by atoms with E-state index in [-0.39, 0.29) is 0 Å². The third-order valence-corrected chi connectivity index (χ3v) is 2.12. The van der Waals surface area contributed by atoms with Crippen molar-refractivity contribution in [3.8, 4) is 0 Å². The van der Waals surface area contributed by atoms with E-state index in [0.717, 1.165) is 0 Å². The maximum Gasteiger partial charge on any atom is 0.135 e. The molecule has 0 aromatic heterocycles. The van der Waals surface area contributed by atoms with Gasteiger partial charge in [-0.3, -0.25) is 4.90 Å². The Morgan fingerprint density at radius 2 is 1.33 bits per heavy atom. The topological polar surface area (TPSA) is 125 Å². The van der Waals surface area contributed by atoms with Crippen molar-refractivity contribution in [1.82, 2.24) is 4.90 Å². The van der Waals surface area contributed by atoms with Crippen LogP contribution in [-0.4, -0.2) is 86.9 Å². The minimum absolute atomic E-state index is 0.747. The number of nitrogens with zero attached hydrogens (tertiary/aromatic N) is 1. The van der Waals surface area contributed by atoms with Crippen LogP contribution >= 0.6 is 0 Å². The molecule has 0 heterocycles. The van der Waals surface area contributed by atoms with E-state index in [2.05, 4.69) is 0 Å². The summed E-state index contributed by atoms with van der Waals surface area (Å²) in [6.45, 7) is -0.747. The Labute approximate surface area is 87.8 Å². The van der Waals surface area contributed by atoms with Gasteiger partial charge in [-0.2, -0.15) is 0 Å². The monoisotopic (exact) mass is 225 g/mol. The molecule has 0 aromatic rings. The highest BCUT2D eigenvalue weighted by Gasteiger charge is 2.34. The Kier molecular flexibility index (Phi) is 6.22. The van der Waals surface area contributed by atoms with Crippen LogP contribution in [0.1, 0.15) is 0 Å². The van der Waals surface area contributed by atoms with Gasteiger partial charge in [0.2, 0.25) is 0 Å². The van der Waals surface area contributed by atoms with Gasteiger partial charge in [0, 0.05) is 0 Å². The fourth-order valence-corrected chi connectivity index (χ4v) is 1.02. The average Bonchev–Trinajstić information content (AvgIpc) is 2.23. The fourth-order valence-electron chi connectivity index (χ4n) is 1.02. The molecule has 0 saturated heterocycles. The maximum atomic E-state index is 9.38. The second-order valence-electron chi connectivity index (χ2n) is 3.60. The lowest BCUT2D eigenvalue weighted by atomic mass is 10.0. The van der Waals surface area contributed by atoms with Gasteiger partial charge in [-0.25, -0.2) is 0 Å². The molecule has 0 aliphatic carbocycles. The lowest BCUT2D eigenvalue weighted by molar-refractivity contribution is -0.163. The number of likely N-dealkylation sites (N-methyl/N-ethyl adjacent to an activating group) is 1. The quantitative estimate of drug-likeness (QED) is 0.257. The second kappa shape index (κ2) is 6.33. The summed E-state index contributed by atoms with van der Waals surface area (Å²) in [5.41, 5.74) is 0. The zero-order chi connectivity index (χ0) is 12.2. The normalized spacial score (nSPS) is 22.2. The van der Waals surface area contributed by atoms with Crippen LogP contribution in [0.5, 0.6) is 0 Å². The van der Waals surface area contributed by atoms with E-state index in [9.17, 15) is 20.4 Å². The number of hydrogen-bond donors (Lipinski definition) is 6. The molecule has 0 radical (unpaired) electrons. The van der Waals surface area contributed by atoms with Crippen molar-refractivity contribution in [2.45, 2.75) is 30.6 Å². The van der Waals surface area contributed by atoms with Gasteiger partial charge in [-0.15, -0.1) is 0 Å². The zero-order valence-corrected chi connectivity index (χ0v) is 8.72. The van der Waals surface area contributed by atoms with Gasteiger partial charge in [0.05, 0.1) is 6.61 Å². The van der Waals surface area contributed by atoms with Gasteiger partial charge in [0.1, 0.15) is 30.6 Å². The van der Waals surface area contributed by atoms with Crippen molar-refractivity contribution in [2.75, 3.05) is 20.7 Å². The van der Waals surface area contributed by atoms with Crippen molar-refractivity contribution < 1.29 is 30.6 Å². The molecule has 0 spiro atoms. The fraction of sp³-hybridized carbons (Fsp3) is 1.00. The third kappa shape index (κ3) is 3.99. The summed E-state index contributed by atoms with van der Waals surface area (Å²) in [5.74, 6) is 0. The van der Waals surface area contributed by atoms with E-state index in [1.54, 1.807) is 0 Å². The van der Waals surface area contributed by atoms with Crippen molar-refractivity contribution in [3.63, 3.8) is 0 Å². The molecular weight excluding hydrogens is 206 g/mol. The summed E-state index contributed by atoms with van der Waals surface area (Å²) in [4.78, 5) is 1.23. The molecule has 0 fully saturated rings. The maximum absolute atomic E-state index is 9.38. The first-order chi connectivity index (χ1) is 6.82. The molecule has 7 nitrogen and oxygen atoms in total. The molecule has 0 saturated carbocycles. The van der Waals surface area contributed by atoms with E-state index in [4.69, 9.17) is 10.2 Å². The first-order valence-corrected chi connectivity index (χ1v) is 4.50. The Morgan fingerprint density at radius 3 is 1.67 bits per heavy atom. The molecule has 6 N–H and O–H groups in total. The average molecular weight is 225 g/mol. The van der Waals surface area contributed by atoms with E-state index in [1.807, 2.05) is 0 Å². The second-order valence-corrected chi connectivity index (χ2v) is 3.60. The highest BCUT2D eigenvalue weighted by Crippen LogP contribution is 2.09. The number of aliphatic hydroxyl groups is 6. The van der Waals surface area contributed by atoms with Gasteiger partial charge in [-0.1, -0.05) is 0 Å². The van der Waals surface area contributed by atoms with E-state index >= 15 is 0 Å².